The molecule has 0 bridgehead atoms. The summed E-state index contributed by atoms with van der Waals surface area (Å²) < 4.78 is 5.44. The summed E-state index contributed by atoms with van der Waals surface area (Å²) in [5.41, 5.74) is 0. The van der Waals surface area contributed by atoms with Gasteiger partial charge in [-0.3, -0.25) is 9.69 Å². The van der Waals surface area contributed by atoms with Crippen LogP contribution in [0.1, 0.15) is 20.3 Å². The molecule has 0 spiro atoms. The van der Waals surface area contributed by atoms with Crippen molar-refractivity contribution in [2.45, 2.75) is 20.3 Å². The zero-order valence-corrected chi connectivity index (χ0v) is 8.58. The Morgan fingerprint density at radius 3 is 2.85 bits per heavy atom. The van der Waals surface area contributed by atoms with E-state index in [1.807, 2.05) is 0 Å². The molecule has 0 N–H and O–H groups in total. The van der Waals surface area contributed by atoms with Gasteiger partial charge in [0.1, 0.15) is 5.78 Å². The first-order valence-electron chi connectivity index (χ1n) is 5.00. The molecule has 0 radical (unpaired) electrons. The molecule has 3 heteroatoms. The summed E-state index contributed by atoms with van der Waals surface area (Å²) in [6.07, 6.45) is 0.726. The molecule has 0 unspecified atom stereocenters. The van der Waals surface area contributed by atoms with Crippen molar-refractivity contribution >= 4 is 5.78 Å². The minimum Gasteiger partial charge on any atom is -0.380 e. The van der Waals surface area contributed by atoms with Crippen LogP contribution in [0.4, 0.5) is 0 Å². The molecule has 1 fully saturated rings. The fourth-order valence-electron chi connectivity index (χ4n) is 1.39. The summed E-state index contributed by atoms with van der Waals surface area (Å²) in [5.74, 6) is 0.962. The lowest BCUT2D eigenvalue weighted by Gasteiger charge is -2.14. The Kier molecular flexibility index (Phi) is 4.39. The van der Waals surface area contributed by atoms with Gasteiger partial charge in [-0.2, -0.15) is 0 Å². The van der Waals surface area contributed by atoms with Crippen molar-refractivity contribution in [2.24, 2.45) is 5.92 Å². The van der Waals surface area contributed by atoms with Crippen LogP contribution in [0, 0.1) is 5.92 Å². The van der Waals surface area contributed by atoms with Gasteiger partial charge in [-0.05, 0) is 5.92 Å². The normalized spacial score (nSPS) is 18.8. The van der Waals surface area contributed by atoms with Crippen molar-refractivity contribution in [1.82, 2.24) is 4.90 Å². The van der Waals surface area contributed by atoms with Crippen LogP contribution in [-0.2, 0) is 9.53 Å². The lowest BCUT2D eigenvalue weighted by Crippen LogP contribution is -2.25. The Hall–Kier alpha value is -0.410. The van der Waals surface area contributed by atoms with Gasteiger partial charge in [0.25, 0.3) is 0 Å². The van der Waals surface area contributed by atoms with E-state index in [-0.39, 0.29) is 0 Å². The maximum Gasteiger partial charge on any atom is 0.148 e. The second kappa shape index (κ2) is 5.35. The monoisotopic (exact) mass is 185 g/mol. The zero-order valence-electron chi connectivity index (χ0n) is 8.58. The van der Waals surface area contributed by atoms with E-state index >= 15 is 0 Å². The molecule has 1 heterocycles. The summed E-state index contributed by atoms with van der Waals surface area (Å²) in [5, 5.41) is 0. The van der Waals surface area contributed by atoms with Crippen LogP contribution >= 0.6 is 0 Å². The number of nitrogens with zero attached hydrogens (tertiary/aromatic N) is 1. The maximum absolute atomic E-state index is 10.9. The van der Waals surface area contributed by atoms with E-state index in [1.165, 1.54) is 0 Å². The lowest BCUT2D eigenvalue weighted by molar-refractivity contribution is -0.116. The topological polar surface area (TPSA) is 29.5 Å². The molecular formula is C10H19NO2. The Labute approximate surface area is 80.1 Å². The van der Waals surface area contributed by atoms with E-state index in [4.69, 9.17) is 4.74 Å². The van der Waals surface area contributed by atoms with Crippen molar-refractivity contribution < 1.29 is 9.53 Å². The largest absolute Gasteiger partial charge is 0.380 e. The Balaban J connectivity index is 1.97. The molecule has 0 atom stereocenters. The van der Waals surface area contributed by atoms with Gasteiger partial charge in [-0.15, -0.1) is 0 Å². The van der Waals surface area contributed by atoms with Crippen molar-refractivity contribution in [2.75, 3.05) is 32.8 Å². The number of hydrogen-bond donors (Lipinski definition) is 0. The van der Waals surface area contributed by atoms with Gasteiger partial charge in [-0.1, -0.05) is 13.8 Å². The smallest absolute Gasteiger partial charge is 0.148 e. The minimum absolute atomic E-state index is 0.365. The molecule has 1 aliphatic heterocycles. The van der Waals surface area contributed by atoms with Gasteiger partial charge in [0, 0.05) is 26.1 Å². The zero-order chi connectivity index (χ0) is 9.68. The molecule has 0 saturated carbocycles. The summed E-state index contributed by atoms with van der Waals surface area (Å²) in [7, 11) is 0. The third kappa shape index (κ3) is 4.39. The average Bonchev–Trinajstić information content (AvgIpc) is 2.45. The van der Waals surface area contributed by atoms with Gasteiger partial charge in [0.05, 0.1) is 13.2 Å². The minimum atomic E-state index is 0.365. The maximum atomic E-state index is 10.9. The Bertz CT molecular complexity index is 168. The molecule has 1 rings (SSSR count). The predicted molar refractivity (Wildman–Crippen MR) is 51.7 cm³/mol. The number of carbonyl (C=O) groups is 1. The summed E-state index contributed by atoms with van der Waals surface area (Å²) >= 11 is 0. The standard InChI is InChI=1S/C10H19NO2/c1-9(2)8-13-6-5-11-4-3-10(12)7-11/h9H,3-8H2,1-2H3. The fourth-order valence-corrected chi connectivity index (χ4v) is 1.39. The van der Waals surface area contributed by atoms with Crippen LogP contribution in [0.25, 0.3) is 0 Å². The van der Waals surface area contributed by atoms with Gasteiger partial charge < -0.3 is 4.74 Å². The highest BCUT2D eigenvalue weighted by Gasteiger charge is 2.18. The summed E-state index contributed by atoms with van der Waals surface area (Å²) in [6, 6.07) is 0. The van der Waals surface area contributed by atoms with E-state index in [2.05, 4.69) is 18.7 Å². The van der Waals surface area contributed by atoms with Gasteiger partial charge in [0.2, 0.25) is 0 Å². The molecule has 0 aromatic carbocycles. The van der Waals surface area contributed by atoms with E-state index in [1.54, 1.807) is 0 Å². The quantitative estimate of drug-likeness (QED) is 0.597. The van der Waals surface area contributed by atoms with Gasteiger partial charge >= 0.3 is 0 Å². The molecule has 13 heavy (non-hydrogen) atoms. The second-order valence-corrected chi connectivity index (χ2v) is 4.03. The summed E-state index contributed by atoms with van der Waals surface area (Å²) in [6.45, 7) is 8.30. The molecule has 0 amide bonds. The van der Waals surface area contributed by atoms with Crippen molar-refractivity contribution in [1.29, 1.82) is 0 Å². The summed E-state index contributed by atoms with van der Waals surface area (Å²) in [4.78, 5) is 13.1. The van der Waals surface area contributed by atoms with Crippen LogP contribution in [0.15, 0.2) is 0 Å². The SMILES string of the molecule is CC(C)COCCN1CCC(=O)C1. The Morgan fingerprint density at radius 2 is 2.31 bits per heavy atom. The van der Waals surface area contributed by atoms with Crippen LogP contribution in [-0.4, -0.2) is 43.5 Å². The molecular weight excluding hydrogens is 166 g/mol. The van der Waals surface area contributed by atoms with E-state index in [0.717, 1.165) is 32.7 Å². The highest BCUT2D eigenvalue weighted by Crippen LogP contribution is 2.03. The van der Waals surface area contributed by atoms with E-state index < -0.39 is 0 Å². The fraction of sp³-hybridized carbons (Fsp3) is 0.900. The first-order chi connectivity index (χ1) is 6.18. The van der Waals surface area contributed by atoms with Crippen molar-refractivity contribution in [3.05, 3.63) is 0 Å². The first kappa shape index (κ1) is 10.7. The van der Waals surface area contributed by atoms with Crippen molar-refractivity contribution in [3.63, 3.8) is 0 Å². The van der Waals surface area contributed by atoms with Gasteiger partial charge in [0.15, 0.2) is 0 Å². The first-order valence-corrected chi connectivity index (χ1v) is 5.00. The second-order valence-electron chi connectivity index (χ2n) is 4.03. The highest BCUT2D eigenvalue weighted by atomic mass is 16.5. The van der Waals surface area contributed by atoms with E-state index in [9.17, 15) is 4.79 Å². The molecule has 1 aliphatic rings. The highest BCUT2D eigenvalue weighted by molar-refractivity contribution is 5.82. The molecule has 0 aromatic heterocycles. The van der Waals surface area contributed by atoms with Crippen LogP contribution < -0.4 is 0 Å². The molecule has 0 aromatic rings. The third-order valence-electron chi connectivity index (χ3n) is 2.11. The van der Waals surface area contributed by atoms with Crippen LogP contribution in [0.3, 0.4) is 0 Å². The number of ketones is 1. The molecule has 1 saturated heterocycles. The number of Topliss-reactive ketones (excluding diaryl/α,β-unsaturated/α-hetero) is 1. The third-order valence-corrected chi connectivity index (χ3v) is 2.11. The lowest BCUT2D eigenvalue weighted by atomic mass is 10.2. The number of rotatable bonds is 5. The number of likely N-dealkylation sites (tertiary alicyclic amines) is 1. The number of hydrogen-bond acceptors (Lipinski definition) is 3. The van der Waals surface area contributed by atoms with Crippen LogP contribution in [0.5, 0.6) is 0 Å². The molecule has 0 aliphatic carbocycles. The average molecular weight is 185 g/mol. The number of carbonyl (C=O) groups excluding carboxylic acids is 1. The number of ether oxygens (including phenoxy) is 1. The van der Waals surface area contributed by atoms with Gasteiger partial charge in [-0.25, -0.2) is 0 Å². The predicted octanol–water partition coefficient (Wildman–Crippen LogP) is 0.934. The Morgan fingerprint density at radius 1 is 1.54 bits per heavy atom. The van der Waals surface area contributed by atoms with E-state index in [0.29, 0.717) is 18.2 Å². The molecule has 3 nitrogen and oxygen atoms in total. The molecule has 76 valence electrons. The van der Waals surface area contributed by atoms with Crippen molar-refractivity contribution in [3.8, 4) is 0 Å². The van der Waals surface area contributed by atoms with Crippen LogP contribution in [0.2, 0.25) is 0 Å².